The third-order valence-electron chi connectivity index (χ3n) is 4.00. The number of carbonyl (C=O) groups excluding carboxylic acids is 2. The standard InChI is InChI=1S/C18H26N2O3/c1-14-12-19(16(21)18(2,3)4)10-11-20(14)17(22)23-13-15-8-6-5-7-9-15/h5-9,14H,10-13H2,1-4H3. The van der Waals surface area contributed by atoms with Crippen LogP contribution in [0.15, 0.2) is 30.3 Å². The lowest BCUT2D eigenvalue weighted by Gasteiger charge is -2.41. The van der Waals surface area contributed by atoms with Gasteiger partial charge in [-0.2, -0.15) is 0 Å². The Morgan fingerprint density at radius 3 is 2.39 bits per heavy atom. The Kier molecular flexibility index (Phi) is 5.29. The van der Waals surface area contributed by atoms with Crippen molar-refractivity contribution < 1.29 is 14.3 Å². The van der Waals surface area contributed by atoms with Gasteiger partial charge in [-0.3, -0.25) is 4.79 Å². The van der Waals surface area contributed by atoms with Crippen molar-refractivity contribution in [2.75, 3.05) is 19.6 Å². The van der Waals surface area contributed by atoms with E-state index in [1.807, 2.05) is 62.9 Å². The molecule has 1 atom stereocenters. The van der Waals surface area contributed by atoms with Gasteiger partial charge in [-0.15, -0.1) is 0 Å². The molecule has 1 aromatic rings. The van der Waals surface area contributed by atoms with Gasteiger partial charge < -0.3 is 14.5 Å². The molecule has 0 saturated carbocycles. The maximum Gasteiger partial charge on any atom is 0.410 e. The first-order valence-corrected chi connectivity index (χ1v) is 8.05. The third-order valence-corrected chi connectivity index (χ3v) is 4.00. The molecule has 0 bridgehead atoms. The van der Waals surface area contributed by atoms with Crippen molar-refractivity contribution in [3.8, 4) is 0 Å². The normalized spacial score (nSPS) is 18.7. The van der Waals surface area contributed by atoms with Gasteiger partial charge >= 0.3 is 6.09 Å². The molecule has 0 aliphatic carbocycles. The molecule has 1 aromatic carbocycles. The minimum absolute atomic E-state index is 0.0432. The Labute approximate surface area is 138 Å². The van der Waals surface area contributed by atoms with Crippen molar-refractivity contribution in [3.05, 3.63) is 35.9 Å². The van der Waals surface area contributed by atoms with Gasteiger partial charge in [0.1, 0.15) is 6.61 Å². The molecule has 5 nitrogen and oxygen atoms in total. The Balaban J connectivity index is 1.88. The molecular formula is C18H26N2O3. The monoisotopic (exact) mass is 318 g/mol. The summed E-state index contributed by atoms with van der Waals surface area (Å²) in [4.78, 5) is 28.1. The number of ether oxygens (including phenoxy) is 1. The van der Waals surface area contributed by atoms with E-state index in [-0.39, 0.29) is 24.6 Å². The lowest BCUT2D eigenvalue weighted by molar-refractivity contribution is -0.142. The second-order valence-corrected chi connectivity index (χ2v) is 7.08. The van der Waals surface area contributed by atoms with Crippen LogP contribution in [0.3, 0.4) is 0 Å². The zero-order valence-corrected chi connectivity index (χ0v) is 14.4. The average Bonchev–Trinajstić information content (AvgIpc) is 2.52. The van der Waals surface area contributed by atoms with Crippen LogP contribution in [0.4, 0.5) is 4.79 Å². The van der Waals surface area contributed by atoms with Gasteiger partial charge in [0.2, 0.25) is 5.91 Å². The van der Waals surface area contributed by atoms with Crippen LogP contribution >= 0.6 is 0 Å². The lowest BCUT2D eigenvalue weighted by atomic mass is 9.94. The van der Waals surface area contributed by atoms with Crippen LogP contribution in [0.2, 0.25) is 0 Å². The number of amides is 2. The summed E-state index contributed by atoms with van der Waals surface area (Å²) in [6.45, 7) is 9.59. The van der Waals surface area contributed by atoms with Crippen molar-refractivity contribution in [2.24, 2.45) is 5.41 Å². The van der Waals surface area contributed by atoms with Crippen molar-refractivity contribution in [1.82, 2.24) is 9.80 Å². The molecule has 1 saturated heterocycles. The van der Waals surface area contributed by atoms with E-state index in [1.54, 1.807) is 4.90 Å². The predicted molar refractivity (Wildman–Crippen MR) is 88.8 cm³/mol. The summed E-state index contributed by atoms with van der Waals surface area (Å²) < 4.78 is 5.38. The maximum atomic E-state index is 12.3. The fourth-order valence-corrected chi connectivity index (χ4v) is 2.69. The van der Waals surface area contributed by atoms with Gasteiger partial charge in [0, 0.05) is 31.1 Å². The molecule has 126 valence electrons. The van der Waals surface area contributed by atoms with E-state index in [0.29, 0.717) is 19.6 Å². The fourth-order valence-electron chi connectivity index (χ4n) is 2.69. The van der Waals surface area contributed by atoms with E-state index < -0.39 is 5.41 Å². The highest BCUT2D eigenvalue weighted by Gasteiger charge is 2.34. The van der Waals surface area contributed by atoms with Crippen LogP contribution in [-0.2, 0) is 16.1 Å². The van der Waals surface area contributed by atoms with Crippen LogP contribution in [0.1, 0.15) is 33.3 Å². The molecule has 2 amide bonds. The van der Waals surface area contributed by atoms with Gasteiger partial charge in [-0.25, -0.2) is 4.79 Å². The highest BCUT2D eigenvalue weighted by atomic mass is 16.6. The molecule has 1 heterocycles. The zero-order valence-electron chi connectivity index (χ0n) is 14.4. The van der Waals surface area contributed by atoms with E-state index in [2.05, 4.69) is 0 Å². The quantitative estimate of drug-likeness (QED) is 0.842. The van der Waals surface area contributed by atoms with Crippen molar-refractivity contribution >= 4 is 12.0 Å². The largest absolute Gasteiger partial charge is 0.445 e. The number of hydrogen-bond acceptors (Lipinski definition) is 3. The van der Waals surface area contributed by atoms with Gasteiger partial charge in [0.25, 0.3) is 0 Å². The molecule has 0 radical (unpaired) electrons. The van der Waals surface area contributed by atoms with E-state index in [4.69, 9.17) is 4.74 Å². The minimum Gasteiger partial charge on any atom is -0.445 e. The first-order valence-electron chi connectivity index (χ1n) is 8.05. The number of benzene rings is 1. The number of rotatable bonds is 2. The van der Waals surface area contributed by atoms with Crippen LogP contribution < -0.4 is 0 Å². The highest BCUT2D eigenvalue weighted by molar-refractivity contribution is 5.82. The Morgan fingerprint density at radius 1 is 1.17 bits per heavy atom. The van der Waals surface area contributed by atoms with E-state index >= 15 is 0 Å². The molecule has 23 heavy (non-hydrogen) atoms. The Hall–Kier alpha value is -2.04. The van der Waals surface area contributed by atoms with Crippen LogP contribution in [-0.4, -0.2) is 47.5 Å². The Morgan fingerprint density at radius 2 is 1.83 bits per heavy atom. The fraction of sp³-hybridized carbons (Fsp3) is 0.556. The molecule has 1 aliphatic heterocycles. The topological polar surface area (TPSA) is 49.9 Å². The lowest BCUT2D eigenvalue weighted by Crippen LogP contribution is -2.57. The average molecular weight is 318 g/mol. The molecule has 1 aliphatic rings. The first kappa shape index (κ1) is 17.3. The van der Waals surface area contributed by atoms with Gasteiger partial charge in [0.15, 0.2) is 0 Å². The van der Waals surface area contributed by atoms with E-state index in [0.717, 1.165) is 5.56 Å². The summed E-state index contributed by atoms with van der Waals surface area (Å²) in [6.07, 6.45) is -0.316. The van der Waals surface area contributed by atoms with E-state index in [1.165, 1.54) is 0 Å². The highest BCUT2D eigenvalue weighted by Crippen LogP contribution is 2.21. The SMILES string of the molecule is CC1CN(C(=O)C(C)(C)C)CCN1C(=O)OCc1ccccc1. The molecule has 5 heteroatoms. The summed E-state index contributed by atoms with van der Waals surface area (Å²) >= 11 is 0. The van der Waals surface area contributed by atoms with Crippen molar-refractivity contribution in [1.29, 1.82) is 0 Å². The van der Waals surface area contributed by atoms with Gasteiger partial charge in [0.05, 0.1) is 0 Å². The second kappa shape index (κ2) is 7.02. The van der Waals surface area contributed by atoms with Crippen LogP contribution in [0.25, 0.3) is 0 Å². The number of carbonyl (C=O) groups is 2. The summed E-state index contributed by atoms with van der Waals surface area (Å²) in [5.41, 5.74) is 0.574. The minimum atomic E-state index is -0.393. The Bertz CT molecular complexity index is 551. The van der Waals surface area contributed by atoms with Crippen molar-refractivity contribution in [2.45, 2.75) is 40.3 Å². The molecule has 0 aromatic heterocycles. The molecule has 2 rings (SSSR count). The van der Waals surface area contributed by atoms with Crippen LogP contribution in [0, 0.1) is 5.41 Å². The molecule has 1 fully saturated rings. The number of nitrogens with zero attached hydrogens (tertiary/aromatic N) is 2. The third kappa shape index (κ3) is 4.47. The molecule has 0 spiro atoms. The smallest absolute Gasteiger partial charge is 0.410 e. The zero-order chi connectivity index (χ0) is 17.0. The first-order chi connectivity index (χ1) is 10.8. The summed E-state index contributed by atoms with van der Waals surface area (Å²) in [7, 11) is 0. The summed E-state index contributed by atoms with van der Waals surface area (Å²) in [5, 5.41) is 0. The molecule has 1 unspecified atom stereocenters. The summed E-state index contributed by atoms with van der Waals surface area (Å²) in [5.74, 6) is 0.127. The van der Waals surface area contributed by atoms with Crippen molar-refractivity contribution in [3.63, 3.8) is 0 Å². The van der Waals surface area contributed by atoms with Gasteiger partial charge in [-0.1, -0.05) is 51.1 Å². The van der Waals surface area contributed by atoms with Gasteiger partial charge in [-0.05, 0) is 12.5 Å². The predicted octanol–water partition coefficient (Wildman–Crippen LogP) is 2.90. The number of hydrogen-bond donors (Lipinski definition) is 0. The molecular weight excluding hydrogens is 292 g/mol. The molecule has 0 N–H and O–H groups in total. The summed E-state index contributed by atoms with van der Waals surface area (Å²) in [6, 6.07) is 9.58. The number of piperazine rings is 1. The second-order valence-electron chi connectivity index (χ2n) is 7.08. The van der Waals surface area contributed by atoms with E-state index in [9.17, 15) is 9.59 Å². The maximum absolute atomic E-state index is 12.3. The van der Waals surface area contributed by atoms with Crippen LogP contribution in [0.5, 0.6) is 0 Å².